The molecule has 1 saturated carbocycles. The SMILES string of the molecule is CCNCCc1ccc(S(=O)(=O)NCC2CC2(C)C)cc1. The molecule has 1 aliphatic rings. The highest BCUT2D eigenvalue weighted by atomic mass is 32.2. The van der Waals surface area contributed by atoms with E-state index < -0.39 is 10.0 Å². The van der Waals surface area contributed by atoms with Gasteiger partial charge in [-0.3, -0.25) is 0 Å². The summed E-state index contributed by atoms with van der Waals surface area (Å²) in [7, 11) is -3.37. The van der Waals surface area contributed by atoms with Crippen molar-refractivity contribution >= 4 is 10.0 Å². The van der Waals surface area contributed by atoms with Gasteiger partial charge in [0.05, 0.1) is 4.90 Å². The van der Waals surface area contributed by atoms with E-state index in [1.807, 2.05) is 12.1 Å². The van der Waals surface area contributed by atoms with E-state index in [0.29, 0.717) is 22.8 Å². The molecule has 1 aliphatic carbocycles. The van der Waals surface area contributed by atoms with Crippen molar-refractivity contribution in [1.29, 1.82) is 0 Å². The van der Waals surface area contributed by atoms with E-state index in [1.54, 1.807) is 12.1 Å². The lowest BCUT2D eigenvalue weighted by molar-refractivity contribution is 0.537. The van der Waals surface area contributed by atoms with Gasteiger partial charge in [0.2, 0.25) is 10.0 Å². The highest BCUT2D eigenvalue weighted by molar-refractivity contribution is 7.89. The smallest absolute Gasteiger partial charge is 0.240 e. The summed E-state index contributed by atoms with van der Waals surface area (Å²) in [6, 6.07) is 7.18. The van der Waals surface area contributed by atoms with E-state index in [9.17, 15) is 8.42 Å². The second kappa shape index (κ2) is 6.46. The van der Waals surface area contributed by atoms with Gasteiger partial charge in [-0.25, -0.2) is 13.1 Å². The van der Waals surface area contributed by atoms with Crippen LogP contribution in [-0.4, -0.2) is 28.1 Å². The fourth-order valence-electron chi connectivity index (χ4n) is 2.46. The molecule has 2 rings (SSSR count). The average molecular weight is 310 g/mol. The van der Waals surface area contributed by atoms with E-state index in [4.69, 9.17) is 0 Å². The fraction of sp³-hybridized carbons (Fsp3) is 0.625. The van der Waals surface area contributed by atoms with Crippen molar-refractivity contribution in [2.45, 2.75) is 38.5 Å². The minimum atomic E-state index is -3.37. The summed E-state index contributed by atoms with van der Waals surface area (Å²) < 4.78 is 27.2. The molecule has 0 aromatic heterocycles. The monoisotopic (exact) mass is 310 g/mol. The Kier molecular flexibility index (Phi) is 5.07. The lowest BCUT2D eigenvalue weighted by Gasteiger charge is -2.09. The van der Waals surface area contributed by atoms with Crippen molar-refractivity contribution in [3.05, 3.63) is 29.8 Å². The van der Waals surface area contributed by atoms with Crippen LogP contribution in [0.3, 0.4) is 0 Å². The van der Waals surface area contributed by atoms with Crippen molar-refractivity contribution in [3.63, 3.8) is 0 Å². The Labute approximate surface area is 128 Å². The number of sulfonamides is 1. The first-order valence-electron chi connectivity index (χ1n) is 7.64. The Bertz CT molecular complexity index is 564. The van der Waals surface area contributed by atoms with Crippen LogP contribution < -0.4 is 10.0 Å². The largest absolute Gasteiger partial charge is 0.317 e. The maximum absolute atomic E-state index is 12.2. The van der Waals surface area contributed by atoms with Gasteiger partial charge in [-0.2, -0.15) is 0 Å². The van der Waals surface area contributed by atoms with Crippen LogP contribution in [0.25, 0.3) is 0 Å². The normalized spacial score (nSPS) is 20.4. The van der Waals surface area contributed by atoms with Crippen LogP contribution in [0.2, 0.25) is 0 Å². The summed E-state index contributed by atoms with van der Waals surface area (Å²) in [6.45, 7) is 8.82. The zero-order valence-corrected chi connectivity index (χ0v) is 14.0. The van der Waals surface area contributed by atoms with Gasteiger partial charge in [0, 0.05) is 6.54 Å². The van der Waals surface area contributed by atoms with Crippen LogP contribution in [0, 0.1) is 11.3 Å². The molecule has 0 radical (unpaired) electrons. The van der Waals surface area contributed by atoms with E-state index in [0.717, 1.165) is 31.5 Å². The number of likely N-dealkylation sites (N-methyl/N-ethyl adjacent to an activating group) is 1. The van der Waals surface area contributed by atoms with Gasteiger partial charge in [0.1, 0.15) is 0 Å². The van der Waals surface area contributed by atoms with E-state index in [1.165, 1.54) is 0 Å². The topological polar surface area (TPSA) is 58.2 Å². The zero-order chi connectivity index (χ0) is 15.5. The molecule has 5 heteroatoms. The standard InChI is InChI=1S/C16H26N2O2S/c1-4-17-10-9-13-5-7-15(8-6-13)21(19,20)18-12-14-11-16(14,2)3/h5-8,14,17-18H,4,9-12H2,1-3H3. The molecule has 0 saturated heterocycles. The van der Waals surface area contributed by atoms with Gasteiger partial charge in [0.25, 0.3) is 0 Å². The first-order valence-corrected chi connectivity index (χ1v) is 9.13. The molecule has 0 amide bonds. The molecule has 1 atom stereocenters. The minimum absolute atomic E-state index is 0.290. The molecule has 2 N–H and O–H groups in total. The van der Waals surface area contributed by atoms with Crippen molar-refractivity contribution in [3.8, 4) is 0 Å². The predicted molar refractivity (Wildman–Crippen MR) is 85.8 cm³/mol. The Morgan fingerprint density at radius 1 is 1.24 bits per heavy atom. The Balaban J connectivity index is 1.90. The molecule has 4 nitrogen and oxygen atoms in total. The Morgan fingerprint density at radius 2 is 1.86 bits per heavy atom. The van der Waals surface area contributed by atoms with Crippen LogP contribution in [0.5, 0.6) is 0 Å². The highest BCUT2D eigenvalue weighted by Crippen LogP contribution is 2.51. The molecule has 0 spiro atoms. The molecule has 21 heavy (non-hydrogen) atoms. The van der Waals surface area contributed by atoms with Crippen molar-refractivity contribution < 1.29 is 8.42 Å². The first kappa shape index (κ1) is 16.5. The first-order chi connectivity index (χ1) is 9.85. The molecule has 1 fully saturated rings. The van der Waals surface area contributed by atoms with Crippen LogP contribution in [0.15, 0.2) is 29.2 Å². The number of benzene rings is 1. The van der Waals surface area contributed by atoms with E-state index >= 15 is 0 Å². The Hall–Kier alpha value is -0.910. The third kappa shape index (κ3) is 4.53. The van der Waals surface area contributed by atoms with Crippen molar-refractivity contribution in [1.82, 2.24) is 10.0 Å². The van der Waals surface area contributed by atoms with Crippen molar-refractivity contribution in [2.24, 2.45) is 11.3 Å². The maximum Gasteiger partial charge on any atom is 0.240 e. The van der Waals surface area contributed by atoms with Gasteiger partial charge in [-0.15, -0.1) is 0 Å². The molecule has 0 aliphatic heterocycles. The van der Waals surface area contributed by atoms with Gasteiger partial charge >= 0.3 is 0 Å². The number of hydrogen-bond acceptors (Lipinski definition) is 3. The zero-order valence-electron chi connectivity index (χ0n) is 13.1. The quantitative estimate of drug-likeness (QED) is 0.724. The molecule has 1 aromatic rings. The summed E-state index contributed by atoms with van der Waals surface area (Å²) >= 11 is 0. The number of hydrogen-bond donors (Lipinski definition) is 2. The van der Waals surface area contributed by atoms with Gasteiger partial charge in [-0.05, 0) is 55.0 Å². The van der Waals surface area contributed by atoms with Crippen LogP contribution in [-0.2, 0) is 16.4 Å². The molecule has 1 aromatic carbocycles. The third-order valence-corrected chi connectivity index (χ3v) is 5.75. The maximum atomic E-state index is 12.2. The van der Waals surface area contributed by atoms with E-state index in [2.05, 4.69) is 30.8 Å². The number of nitrogens with one attached hydrogen (secondary N) is 2. The lowest BCUT2D eigenvalue weighted by atomic mass is 10.1. The molecular weight excluding hydrogens is 284 g/mol. The van der Waals surface area contributed by atoms with Crippen molar-refractivity contribution in [2.75, 3.05) is 19.6 Å². The molecule has 118 valence electrons. The number of rotatable bonds is 8. The molecular formula is C16H26N2O2S. The lowest BCUT2D eigenvalue weighted by Crippen LogP contribution is -2.26. The van der Waals surface area contributed by atoms with Gasteiger partial charge in [-0.1, -0.05) is 32.9 Å². The second-order valence-electron chi connectivity index (χ2n) is 6.49. The highest BCUT2D eigenvalue weighted by Gasteiger charge is 2.45. The summed E-state index contributed by atoms with van der Waals surface area (Å²) in [5.74, 6) is 0.465. The second-order valence-corrected chi connectivity index (χ2v) is 8.26. The van der Waals surface area contributed by atoms with Crippen LogP contribution in [0.1, 0.15) is 32.8 Å². The summed E-state index contributed by atoms with van der Waals surface area (Å²) in [4.78, 5) is 0.355. The fourth-order valence-corrected chi connectivity index (χ4v) is 3.54. The summed E-state index contributed by atoms with van der Waals surface area (Å²) in [5, 5.41) is 3.26. The molecule has 1 unspecified atom stereocenters. The van der Waals surface area contributed by atoms with Gasteiger partial charge < -0.3 is 5.32 Å². The molecule has 0 bridgehead atoms. The van der Waals surface area contributed by atoms with Gasteiger partial charge in [0.15, 0.2) is 0 Å². The van der Waals surface area contributed by atoms with Crippen LogP contribution in [0.4, 0.5) is 0 Å². The summed E-state index contributed by atoms with van der Waals surface area (Å²) in [5.41, 5.74) is 1.44. The molecule has 0 heterocycles. The average Bonchev–Trinajstić information content (AvgIpc) is 3.05. The predicted octanol–water partition coefficient (Wildman–Crippen LogP) is 2.16. The summed E-state index contributed by atoms with van der Waals surface area (Å²) in [6.07, 6.45) is 2.01. The Morgan fingerprint density at radius 3 is 2.38 bits per heavy atom. The van der Waals surface area contributed by atoms with Crippen LogP contribution >= 0.6 is 0 Å². The van der Waals surface area contributed by atoms with E-state index in [-0.39, 0.29) is 0 Å². The third-order valence-electron chi connectivity index (χ3n) is 4.31. The minimum Gasteiger partial charge on any atom is -0.317 e.